The van der Waals surface area contributed by atoms with Gasteiger partial charge >= 0.3 is 0 Å². The van der Waals surface area contributed by atoms with Crippen molar-refractivity contribution in [1.82, 2.24) is 14.9 Å². The van der Waals surface area contributed by atoms with Crippen LogP contribution in [0.2, 0.25) is 0 Å². The molecule has 0 fully saturated rings. The fraction of sp³-hybridized carbons (Fsp3) is 0.750. The summed E-state index contributed by atoms with van der Waals surface area (Å²) in [5.41, 5.74) is 0. The summed E-state index contributed by atoms with van der Waals surface area (Å²) in [6, 6.07) is 0.552. The molecule has 0 amide bonds. The standard InChI is InChI=1S/C12H23N3/c1-5-13-11(8-10(2)3)9-12-14-6-7-15(12)4/h6-7,10-11,13H,5,8-9H2,1-4H3. The van der Waals surface area contributed by atoms with Gasteiger partial charge in [-0.15, -0.1) is 0 Å². The number of aromatic nitrogens is 2. The molecule has 0 aliphatic carbocycles. The number of hydrogen-bond donors (Lipinski definition) is 1. The Morgan fingerprint density at radius 1 is 1.47 bits per heavy atom. The molecule has 0 spiro atoms. The van der Waals surface area contributed by atoms with E-state index in [9.17, 15) is 0 Å². The van der Waals surface area contributed by atoms with E-state index in [2.05, 4.69) is 42.7 Å². The predicted octanol–water partition coefficient (Wildman–Crippen LogP) is 1.99. The molecule has 1 rings (SSSR count). The minimum Gasteiger partial charge on any atom is -0.338 e. The van der Waals surface area contributed by atoms with Gasteiger partial charge in [-0.1, -0.05) is 20.8 Å². The largest absolute Gasteiger partial charge is 0.338 e. The van der Waals surface area contributed by atoms with E-state index in [1.807, 2.05) is 12.4 Å². The number of imidazole rings is 1. The van der Waals surface area contributed by atoms with Gasteiger partial charge in [-0.3, -0.25) is 0 Å². The Hall–Kier alpha value is -0.830. The van der Waals surface area contributed by atoms with Crippen LogP contribution in [0.3, 0.4) is 0 Å². The highest BCUT2D eigenvalue weighted by Crippen LogP contribution is 2.09. The molecule has 86 valence electrons. The summed E-state index contributed by atoms with van der Waals surface area (Å²) in [6.45, 7) is 7.72. The Morgan fingerprint density at radius 2 is 2.20 bits per heavy atom. The Kier molecular flexibility index (Phi) is 4.82. The second-order valence-electron chi connectivity index (χ2n) is 4.54. The predicted molar refractivity (Wildman–Crippen MR) is 63.8 cm³/mol. The third kappa shape index (κ3) is 4.04. The van der Waals surface area contributed by atoms with Gasteiger partial charge in [0.15, 0.2) is 0 Å². The van der Waals surface area contributed by atoms with Crippen molar-refractivity contribution >= 4 is 0 Å². The fourth-order valence-corrected chi connectivity index (χ4v) is 1.91. The lowest BCUT2D eigenvalue weighted by Gasteiger charge is -2.19. The average molecular weight is 209 g/mol. The van der Waals surface area contributed by atoms with Gasteiger partial charge in [0, 0.05) is 31.9 Å². The van der Waals surface area contributed by atoms with E-state index in [0.717, 1.165) is 18.9 Å². The van der Waals surface area contributed by atoms with Crippen LogP contribution in [-0.2, 0) is 13.5 Å². The van der Waals surface area contributed by atoms with Crippen molar-refractivity contribution in [3.63, 3.8) is 0 Å². The first kappa shape index (κ1) is 12.2. The molecule has 0 radical (unpaired) electrons. The molecular formula is C12H23N3. The van der Waals surface area contributed by atoms with Crippen LogP contribution >= 0.6 is 0 Å². The highest BCUT2D eigenvalue weighted by molar-refractivity contribution is 4.94. The molecule has 15 heavy (non-hydrogen) atoms. The number of aryl methyl sites for hydroxylation is 1. The molecule has 1 atom stereocenters. The summed E-state index contributed by atoms with van der Waals surface area (Å²) < 4.78 is 2.10. The van der Waals surface area contributed by atoms with Crippen molar-refractivity contribution in [1.29, 1.82) is 0 Å². The van der Waals surface area contributed by atoms with Gasteiger partial charge in [-0.2, -0.15) is 0 Å². The van der Waals surface area contributed by atoms with Gasteiger partial charge in [0.1, 0.15) is 5.82 Å². The van der Waals surface area contributed by atoms with Crippen molar-refractivity contribution in [2.75, 3.05) is 6.54 Å². The number of rotatable bonds is 6. The molecule has 0 saturated carbocycles. The third-order valence-corrected chi connectivity index (χ3v) is 2.60. The van der Waals surface area contributed by atoms with Crippen LogP contribution in [0.15, 0.2) is 12.4 Å². The zero-order valence-corrected chi connectivity index (χ0v) is 10.3. The monoisotopic (exact) mass is 209 g/mol. The van der Waals surface area contributed by atoms with E-state index in [4.69, 9.17) is 0 Å². The number of nitrogens with one attached hydrogen (secondary N) is 1. The topological polar surface area (TPSA) is 29.9 Å². The molecule has 1 N–H and O–H groups in total. The minimum absolute atomic E-state index is 0.552. The zero-order valence-electron chi connectivity index (χ0n) is 10.3. The Morgan fingerprint density at radius 3 is 2.67 bits per heavy atom. The molecule has 0 aromatic carbocycles. The summed E-state index contributed by atoms with van der Waals surface area (Å²) >= 11 is 0. The third-order valence-electron chi connectivity index (χ3n) is 2.60. The first-order chi connectivity index (χ1) is 7.13. The number of hydrogen-bond acceptors (Lipinski definition) is 2. The molecular weight excluding hydrogens is 186 g/mol. The van der Waals surface area contributed by atoms with Crippen LogP contribution in [0, 0.1) is 5.92 Å². The fourth-order valence-electron chi connectivity index (χ4n) is 1.91. The van der Waals surface area contributed by atoms with E-state index in [1.165, 1.54) is 12.2 Å². The van der Waals surface area contributed by atoms with Crippen molar-refractivity contribution in [2.45, 2.75) is 39.7 Å². The Labute approximate surface area is 92.9 Å². The van der Waals surface area contributed by atoms with E-state index >= 15 is 0 Å². The minimum atomic E-state index is 0.552. The highest BCUT2D eigenvalue weighted by atomic mass is 15.0. The van der Waals surface area contributed by atoms with Crippen molar-refractivity contribution in [2.24, 2.45) is 13.0 Å². The van der Waals surface area contributed by atoms with Crippen molar-refractivity contribution < 1.29 is 0 Å². The molecule has 1 aromatic rings. The molecule has 1 heterocycles. The van der Waals surface area contributed by atoms with Gasteiger partial charge in [-0.25, -0.2) is 4.98 Å². The van der Waals surface area contributed by atoms with E-state index < -0.39 is 0 Å². The molecule has 3 nitrogen and oxygen atoms in total. The molecule has 3 heteroatoms. The first-order valence-electron chi connectivity index (χ1n) is 5.83. The molecule has 1 aromatic heterocycles. The summed E-state index contributed by atoms with van der Waals surface area (Å²) in [6.07, 6.45) is 6.11. The van der Waals surface area contributed by atoms with Crippen LogP contribution in [0.25, 0.3) is 0 Å². The van der Waals surface area contributed by atoms with Crippen LogP contribution < -0.4 is 5.32 Å². The van der Waals surface area contributed by atoms with Gasteiger partial charge in [0.25, 0.3) is 0 Å². The van der Waals surface area contributed by atoms with Crippen LogP contribution in [0.4, 0.5) is 0 Å². The van der Waals surface area contributed by atoms with Crippen LogP contribution in [0.1, 0.15) is 33.0 Å². The normalized spacial score (nSPS) is 13.4. The number of likely N-dealkylation sites (N-methyl/N-ethyl adjacent to an activating group) is 1. The second kappa shape index (κ2) is 5.91. The summed E-state index contributed by atoms with van der Waals surface area (Å²) in [5.74, 6) is 1.90. The van der Waals surface area contributed by atoms with E-state index in [1.54, 1.807) is 0 Å². The average Bonchev–Trinajstić information content (AvgIpc) is 2.51. The SMILES string of the molecule is CCNC(Cc1nccn1C)CC(C)C. The molecule has 0 aliphatic heterocycles. The van der Waals surface area contributed by atoms with Crippen LogP contribution in [0.5, 0.6) is 0 Å². The Balaban J connectivity index is 2.54. The molecule has 1 unspecified atom stereocenters. The summed E-state index contributed by atoms with van der Waals surface area (Å²) in [7, 11) is 2.06. The maximum absolute atomic E-state index is 4.37. The van der Waals surface area contributed by atoms with Gasteiger partial charge < -0.3 is 9.88 Å². The molecule has 0 aliphatic rings. The van der Waals surface area contributed by atoms with E-state index in [-0.39, 0.29) is 0 Å². The molecule has 0 bridgehead atoms. The second-order valence-corrected chi connectivity index (χ2v) is 4.54. The summed E-state index contributed by atoms with van der Waals surface area (Å²) in [4.78, 5) is 4.37. The smallest absolute Gasteiger partial charge is 0.109 e. The lowest BCUT2D eigenvalue weighted by atomic mass is 10.0. The van der Waals surface area contributed by atoms with Gasteiger partial charge in [-0.05, 0) is 18.9 Å². The van der Waals surface area contributed by atoms with Gasteiger partial charge in [0.2, 0.25) is 0 Å². The lowest BCUT2D eigenvalue weighted by Crippen LogP contribution is -2.33. The maximum Gasteiger partial charge on any atom is 0.109 e. The number of nitrogens with zero attached hydrogens (tertiary/aromatic N) is 2. The van der Waals surface area contributed by atoms with Crippen molar-refractivity contribution in [3.8, 4) is 0 Å². The van der Waals surface area contributed by atoms with Crippen molar-refractivity contribution in [3.05, 3.63) is 18.2 Å². The molecule has 0 saturated heterocycles. The van der Waals surface area contributed by atoms with Gasteiger partial charge in [0.05, 0.1) is 0 Å². The van der Waals surface area contributed by atoms with Crippen LogP contribution in [-0.4, -0.2) is 22.1 Å². The quantitative estimate of drug-likeness (QED) is 0.776. The highest BCUT2D eigenvalue weighted by Gasteiger charge is 2.12. The first-order valence-corrected chi connectivity index (χ1v) is 5.83. The van der Waals surface area contributed by atoms with E-state index in [0.29, 0.717) is 6.04 Å². The summed E-state index contributed by atoms with van der Waals surface area (Å²) in [5, 5.41) is 3.53. The maximum atomic E-state index is 4.37. The lowest BCUT2D eigenvalue weighted by molar-refractivity contribution is 0.415. The zero-order chi connectivity index (χ0) is 11.3. The Bertz CT molecular complexity index is 278.